The average Bonchev–Trinajstić information content (AvgIpc) is 3.16. The fraction of sp³-hybridized carbons (Fsp3) is 0.562. The van der Waals surface area contributed by atoms with Gasteiger partial charge < -0.3 is 9.64 Å². The normalized spacial score (nSPS) is 13.9. The molecule has 0 bridgehead atoms. The molecule has 1 aliphatic rings. The number of carbonyl (C=O) groups is 1. The minimum absolute atomic E-state index is 0.0175. The van der Waals surface area contributed by atoms with Crippen LogP contribution in [0.15, 0.2) is 5.38 Å². The molecule has 0 aromatic carbocycles. The molecule has 0 radical (unpaired) electrons. The quantitative estimate of drug-likeness (QED) is 0.865. The molecule has 1 N–H and O–H groups in total. The Labute approximate surface area is 145 Å². The van der Waals surface area contributed by atoms with E-state index in [1.54, 1.807) is 18.9 Å². The first-order valence-electron chi connectivity index (χ1n) is 8.10. The number of nitrogens with one attached hydrogen (secondary N) is 1. The van der Waals surface area contributed by atoms with Gasteiger partial charge in [-0.05, 0) is 19.8 Å². The molecule has 0 fully saturated rings. The predicted octanol–water partition coefficient (Wildman–Crippen LogP) is 2.13. The van der Waals surface area contributed by atoms with Gasteiger partial charge in [-0.25, -0.2) is 4.98 Å². The fourth-order valence-corrected chi connectivity index (χ4v) is 3.85. The highest BCUT2D eigenvalue weighted by molar-refractivity contribution is 7.14. The summed E-state index contributed by atoms with van der Waals surface area (Å²) < 4.78 is 5.08. The summed E-state index contributed by atoms with van der Waals surface area (Å²) in [6.07, 6.45) is 2.20. The highest BCUT2D eigenvalue weighted by atomic mass is 32.1. The number of methoxy groups -OCH3 is 1. The largest absolute Gasteiger partial charge is 0.383 e. The molecule has 7 nitrogen and oxygen atoms in total. The summed E-state index contributed by atoms with van der Waals surface area (Å²) in [5, 5.41) is 10.3. The number of aromatic amines is 1. The van der Waals surface area contributed by atoms with E-state index >= 15 is 0 Å². The maximum Gasteiger partial charge on any atom is 0.225 e. The molecule has 0 aliphatic carbocycles. The first kappa shape index (κ1) is 16.9. The molecule has 2 aromatic heterocycles. The second-order valence-electron chi connectivity index (χ2n) is 5.96. The van der Waals surface area contributed by atoms with Gasteiger partial charge in [-0.2, -0.15) is 5.10 Å². The van der Waals surface area contributed by atoms with Crippen LogP contribution in [0.5, 0.6) is 0 Å². The molecule has 24 heavy (non-hydrogen) atoms. The lowest BCUT2D eigenvalue weighted by Gasteiger charge is -2.27. The van der Waals surface area contributed by atoms with Gasteiger partial charge in [0.1, 0.15) is 0 Å². The van der Waals surface area contributed by atoms with Crippen LogP contribution < -0.4 is 9.80 Å². The van der Waals surface area contributed by atoms with E-state index in [9.17, 15) is 4.79 Å². The van der Waals surface area contributed by atoms with Crippen molar-refractivity contribution in [2.45, 2.75) is 33.2 Å². The number of hydrogen-bond acceptors (Lipinski definition) is 6. The topological polar surface area (TPSA) is 74.3 Å². The zero-order valence-corrected chi connectivity index (χ0v) is 15.2. The molecule has 2 aromatic rings. The van der Waals surface area contributed by atoms with Gasteiger partial charge in [0.15, 0.2) is 10.9 Å². The maximum atomic E-state index is 11.8. The van der Waals surface area contributed by atoms with E-state index in [2.05, 4.69) is 27.0 Å². The minimum atomic E-state index is -0.0175. The molecule has 1 aliphatic heterocycles. The van der Waals surface area contributed by atoms with E-state index < -0.39 is 0 Å². The van der Waals surface area contributed by atoms with Gasteiger partial charge in [-0.15, -0.1) is 11.3 Å². The smallest absolute Gasteiger partial charge is 0.225 e. The lowest BCUT2D eigenvalue weighted by molar-refractivity contribution is -0.116. The van der Waals surface area contributed by atoms with Crippen LogP contribution in [0.25, 0.3) is 0 Å². The zero-order valence-electron chi connectivity index (χ0n) is 14.3. The summed E-state index contributed by atoms with van der Waals surface area (Å²) in [5.74, 6) is 1.02. The van der Waals surface area contributed by atoms with Crippen LogP contribution in [0, 0.1) is 6.92 Å². The SMILES string of the molecule is COCCN(C(C)=O)c1nc(CN2CCCc3c2n[nH]c3C)cs1. The highest BCUT2D eigenvalue weighted by Gasteiger charge is 2.23. The van der Waals surface area contributed by atoms with Gasteiger partial charge in [0.2, 0.25) is 5.91 Å². The van der Waals surface area contributed by atoms with Crippen molar-refractivity contribution in [2.75, 3.05) is 36.6 Å². The Kier molecular flexibility index (Phi) is 5.15. The number of aromatic nitrogens is 3. The number of thiazole rings is 1. The van der Waals surface area contributed by atoms with Crippen LogP contribution in [0.3, 0.4) is 0 Å². The van der Waals surface area contributed by atoms with Crippen molar-refractivity contribution in [2.24, 2.45) is 0 Å². The van der Waals surface area contributed by atoms with Crippen LogP contribution in [-0.4, -0.2) is 47.9 Å². The van der Waals surface area contributed by atoms with Gasteiger partial charge in [-0.3, -0.25) is 14.8 Å². The molecule has 130 valence electrons. The average molecular weight is 349 g/mol. The molecule has 0 saturated heterocycles. The van der Waals surface area contributed by atoms with Crippen molar-refractivity contribution in [3.63, 3.8) is 0 Å². The molecule has 8 heteroatoms. The van der Waals surface area contributed by atoms with Crippen LogP contribution in [0.1, 0.15) is 30.3 Å². The Hall–Kier alpha value is -1.93. The molecule has 0 spiro atoms. The summed E-state index contributed by atoms with van der Waals surface area (Å²) in [6.45, 7) is 6.33. The van der Waals surface area contributed by atoms with Crippen molar-refractivity contribution in [1.29, 1.82) is 0 Å². The number of nitrogens with zero attached hydrogens (tertiary/aromatic N) is 4. The van der Waals surface area contributed by atoms with E-state index in [1.807, 2.05) is 5.38 Å². The van der Waals surface area contributed by atoms with Crippen LogP contribution >= 0.6 is 11.3 Å². The maximum absolute atomic E-state index is 11.8. The second-order valence-corrected chi connectivity index (χ2v) is 6.80. The highest BCUT2D eigenvalue weighted by Crippen LogP contribution is 2.29. The Morgan fingerprint density at radius 2 is 2.38 bits per heavy atom. The van der Waals surface area contributed by atoms with Crippen molar-refractivity contribution < 1.29 is 9.53 Å². The number of fused-ring (bicyclic) bond motifs is 1. The van der Waals surface area contributed by atoms with Crippen molar-refractivity contribution in [3.8, 4) is 0 Å². The van der Waals surface area contributed by atoms with Gasteiger partial charge >= 0.3 is 0 Å². The number of ether oxygens (including phenoxy) is 1. The first-order valence-corrected chi connectivity index (χ1v) is 8.98. The van der Waals surface area contributed by atoms with E-state index in [0.29, 0.717) is 19.7 Å². The van der Waals surface area contributed by atoms with Crippen LogP contribution in [0.2, 0.25) is 0 Å². The van der Waals surface area contributed by atoms with Crippen LogP contribution in [0.4, 0.5) is 10.9 Å². The van der Waals surface area contributed by atoms with Gasteiger partial charge in [0.25, 0.3) is 0 Å². The number of rotatable bonds is 6. The lowest BCUT2D eigenvalue weighted by Crippen LogP contribution is -2.32. The molecule has 1 amide bonds. The predicted molar refractivity (Wildman–Crippen MR) is 94.7 cm³/mol. The third-order valence-electron chi connectivity index (χ3n) is 4.23. The Bertz CT molecular complexity index is 711. The standard InChI is InChI=1S/C16H23N5O2S/c1-11-14-5-4-6-20(15(14)19-18-11)9-13-10-24-16(17-13)21(12(2)22)7-8-23-3/h10H,4-9H2,1-3H3,(H,18,19). The molecule has 3 rings (SSSR count). The first-order chi connectivity index (χ1) is 11.6. The Balaban J connectivity index is 1.73. The summed E-state index contributed by atoms with van der Waals surface area (Å²) in [4.78, 5) is 20.4. The van der Waals surface area contributed by atoms with E-state index in [-0.39, 0.29) is 5.91 Å². The zero-order chi connectivity index (χ0) is 17.1. The van der Waals surface area contributed by atoms with Crippen molar-refractivity contribution in [1.82, 2.24) is 15.2 Å². The molecule has 0 atom stereocenters. The summed E-state index contributed by atoms with van der Waals surface area (Å²) in [6, 6.07) is 0. The molecular formula is C16H23N5O2S. The summed E-state index contributed by atoms with van der Waals surface area (Å²) in [5.41, 5.74) is 3.42. The molecule has 3 heterocycles. The Morgan fingerprint density at radius 1 is 1.54 bits per heavy atom. The number of aryl methyl sites for hydroxylation is 1. The lowest BCUT2D eigenvalue weighted by atomic mass is 10.1. The van der Waals surface area contributed by atoms with Gasteiger partial charge in [0, 0.05) is 37.2 Å². The van der Waals surface area contributed by atoms with E-state index in [1.165, 1.54) is 16.9 Å². The third kappa shape index (κ3) is 3.44. The number of anilines is 2. The van der Waals surface area contributed by atoms with E-state index in [0.717, 1.165) is 41.7 Å². The van der Waals surface area contributed by atoms with Crippen molar-refractivity contribution >= 4 is 28.2 Å². The molecule has 0 unspecified atom stereocenters. The van der Waals surface area contributed by atoms with Gasteiger partial charge in [0.05, 0.1) is 25.4 Å². The fourth-order valence-electron chi connectivity index (χ4n) is 2.97. The number of amides is 1. The summed E-state index contributed by atoms with van der Waals surface area (Å²) >= 11 is 1.50. The molecule has 0 saturated carbocycles. The number of H-pyrrole nitrogens is 1. The monoisotopic (exact) mass is 349 g/mol. The van der Waals surface area contributed by atoms with Crippen LogP contribution in [-0.2, 0) is 22.5 Å². The molecular weight excluding hydrogens is 326 g/mol. The number of carbonyl (C=O) groups excluding carboxylic acids is 1. The minimum Gasteiger partial charge on any atom is -0.383 e. The van der Waals surface area contributed by atoms with Gasteiger partial charge in [-0.1, -0.05) is 0 Å². The number of hydrogen-bond donors (Lipinski definition) is 1. The third-order valence-corrected chi connectivity index (χ3v) is 5.14. The summed E-state index contributed by atoms with van der Waals surface area (Å²) in [7, 11) is 1.63. The second kappa shape index (κ2) is 7.31. The van der Waals surface area contributed by atoms with Crippen molar-refractivity contribution in [3.05, 3.63) is 22.3 Å². The Morgan fingerprint density at radius 3 is 3.12 bits per heavy atom. The van der Waals surface area contributed by atoms with E-state index in [4.69, 9.17) is 4.74 Å².